The van der Waals surface area contributed by atoms with Gasteiger partial charge in [-0.3, -0.25) is 16.2 Å². The fourth-order valence-electron chi connectivity index (χ4n) is 14.1. The Morgan fingerprint density at radius 1 is 0.344 bits per heavy atom. The second kappa shape index (κ2) is 33.3. The average molecular weight is 1650 g/mol. The number of nitrogens with zero attached hydrogens (tertiary/aromatic N) is 22. The first kappa shape index (κ1) is 85.9. The number of aryl methyl sites for hydroxylation is 12. The van der Waals surface area contributed by atoms with Crippen molar-refractivity contribution < 1.29 is 9.47 Å². The minimum absolute atomic E-state index is 0.105. The first-order valence-electron chi connectivity index (χ1n) is 40.8. The number of anilines is 7. The van der Waals surface area contributed by atoms with E-state index in [9.17, 15) is 0 Å². The van der Waals surface area contributed by atoms with Crippen LogP contribution in [0.15, 0.2) is 138 Å². The van der Waals surface area contributed by atoms with Gasteiger partial charge in [-0.05, 0) is 240 Å². The molecule has 0 amide bonds. The smallest absolute Gasteiger partial charge is 0.260 e. The van der Waals surface area contributed by atoms with Gasteiger partial charge in [0.25, 0.3) is 11.8 Å². The van der Waals surface area contributed by atoms with Crippen LogP contribution in [0.25, 0.3) is 33.1 Å². The van der Waals surface area contributed by atoms with Gasteiger partial charge in [0.05, 0.1) is 67.3 Å². The normalized spacial score (nSPS) is 14.9. The molecule has 0 radical (unpaired) electrons. The summed E-state index contributed by atoms with van der Waals surface area (Å²) >= 11 is 0. The second-order valence-corrected chi connectivity index (χ2v) is 33.1. The van der Waals surface area contributed by atoms with Gasteiger partial charge in [0.1, 0.15) is 39.6 Å². The predicted octanol–water partition coefficient (Wildman–Crippen LogP) is 15.1. The van der Waals surface area contributed by atoms with E-state index in [1.807, 2.05) is 191 Å². The van der Waals surface area contributed by atoms with Gasteiger partial charge in [0.15, 0.2) is 64.0 Å². The number of nitrogens with one attached hydrogen (secondary N) is 6. The van der Waals surface area contributed by atoms with Crippen molar-refractivity contribution in [3.8, 4) is 11.8 Å². The topological polar surface area (TPSA) is 395 Å². The zero-order valence-electron chi connectivity index (χ0n) is 74.9. The summed E-state index contributed by atoms with van der Waals surface area (Å²) in [6.07, 6.45) is 4.70. The van der Waals surface area contributed by atoms with Crippen LogP contribution in [-0.2, 0) is 0 Å². The number of nitrogens with two attached hydrogens (primary N) is 3. The van der Waals surface area contributed by atoms with Crippen molar-refractivity contribution in [1.29, 1.82) is 16.2 Å². The summed E-state index contributed by atoms with van der Waals surface area (Å²) in [5.41, 5.74) is 41.5. The van der Waals surface area contributed by atoms with Crippen molar-refractivity contribution >= 4 is 143 Å². The van der Waals surface area contributed by atoms with Crippen molar-refractivity contribution in [3.05, 3.63) is 176 Å². The zero-order valence-corrected chi connectivity index (χ0v) is 74.9. The predicted molar refractivity (Wildman–Crippen MR) is 499 cm³/mol. The molecule has 15 heterocycles. The molecule has 12 aromatic heterocycles. The molecule has 33 nitrogen and oxygen atoms in total. The molecule has 0 bridgehead atoms. The summed E-state index contributed by atoms with van der Waals surface area (Å²) < 4.78 is 23.8. The monoisotopic (exact) mass is 1650 g/mol. The molecule has 0 aliphatic carbocycles. The van der Waals surface area contributed by atoms with Crippen molar-refractivity contribution in [1.82, 2.24) is 57.7 Å². The van der Waals surface area contributed by atoms with Crippen molar-refractivity contribution in [2.45, 2.75) is 164 Å². The fraction of sp³-hybridized carbons (Fsp3) is 0.360. The molecule has 0 saturated heterocycles. The van der Waals surface area contributed by atoms with E-state index in [0.29, 0.717) is 75.1 Å². The molecular formula is C89H113N31O2. The summed E-state index contributed by atoms with van der Waals surface area (Å²) in [6, 6.07) is 24.4. The van der Waals surface area contributed by atoms with Crippen molar-refractivity contribution in [2.75, 3.05) is 89.9 Å². The highest BCUT2D eigenvalue weighted by Gasteiger charge is 2.32. The van der Waals surface area contributed by atoms with Crippen LogP contribution in [0.4, 0.5) is 57.4 Å². The summed E-state index contributed by atoms with van der Waals surface area (Å²) in [5, 5.41) is 65.2. The maximum absolute atomic E-state index is 8.75. The van der Waals surface area contributed by atoms with Crippen LogP contribution >= 0.6 is 0 Å². The van der Waals surface area contributed by atoms with Crippen LogP contribution in [0.3, 0.4) is 0 Å². The Hall–Kier alpha value is -14.0. The lowest BCUT2D eigenvalue weighted by molar-refractivity contribution is 0.124. The lowest BCUT2D eigenvalue weighted by Crippen LogP contribution is -2.30. The molecule has 0 aromatic carbocycles. The van der Waals surface area contributed by atoms with Gasteiger partial charge in [-0.15, -0.1) is 30.6 Å². The number of dihydropyridines is 3. The Labute approximate surface area is 710 Å². The highest BCUT2D eigenvalue weighted by Crippen LogP contribution is 2.41. The largest absolute Gasteiger partial charge is 0.469 e. The number of amidine groups is 6. The number of ether oxygens (including phenoxy) is 2. The van der Waals surface area contributed by atoms with Crippen LogP contribution in [0.2, 0.25) is 0 Å². The second-order valence-electron chi connectivity index (χ2n) is 33.1. The molecule has 122 heavy (non-hydrogen) atoms. The molecule has 0 spiro atoms. The standard InChI is InChI=1S/C31H41N11.C31H39N9O2.C27H33N11/c1-9-39(10-2)30-26(24-15-13-18(5)20(7)41(24)37-30)34-28-22(32)17-23(33)29(36-28)35-27-25-16-14-19(6)21(8)42(25)38-31(27)40(11-3)12-4;1-16-11-13-22-24(28(41-30(5,6)7)37-39(22)18(16)3)34-26-20(32)15-21(33)27(36-26)35-25-23-14-12-17(2)19(4)40(23)38-29(25)42-31(8,9)10;1-14-9-11-20-22(26(35(5)6)33-37(20)16(14)3)30-24-18(28)13-19(29)25(32-24)31-23-21-12-10-15(2)17(4)38(21)34-27(23)36(7)8/h13-17,32H,9-12,33H2,1-8H3,(H,34,35,36);11-15,32H,33H2,1-10H3,(H,34,35,36);9-13,28H,29H2,1-8H3,(H,30,31,32). The lowest BCUT2D eigenvalue weighted by atomic mass is 10.1. The molecule has 33 heteroatoms. The summed E-state index contributed by atoms with van der Waals surface area (Å²) in [6.45, 7) is 47.8. The Morgan fingerprint density at radius 2 is 0.607 bits per heavy atom. The molecule has 0 fully saturated rings. The third kappa shape index (κ3) is 16.5. The maximum Gasteiger partial charge on any atom is 0.260 e. The Balaban J connectivity index is 0.000000158. The zero-order chi connectivity index (χ0) is 88.5. The molecule has 12 aromatic rings. The number of hydrogen-bond donors (Lipinski definition) is 9. The van der Waals surface area contributed by atoms with Gasteiger partial charge >= 0.3 is 0 Å². The van der Waals surface area contributed by atoms with E-state index in [2.05, 4.69) is 125 Å². The average Bonchev–Trinajstić information content (AvgIpc) is 1.62. The van der Waals surface area contributed by atoms with Crippen LogP contribution in [-0.4, -0.2) is 175 Å². The van der Waals surface area contributed by atoms with E-state index < -0.39 is 11.2 Å². The van der Waals surface area contributed by atoms with Gasteiger partial charge in [-0.1, -0.05) is 36.4 Å². The molecular weight excluding hydrogens is 1540 g/mol. The molecule has 636 valence electrons. The minimum atomic E-state index is -0.509. The summed E-state index contributed by atoms with van der Waals surface area (Å²) in [7, 11) is 7.73. The third-order valence-corrected chi connectivity index (χ3v) is 21.8. The van der Waals surface area contributed by atoms with Crippen molar-refractivity contribution in [2.24, 2.45) is 47.2 Å². The van der Waals surface area contributed by atoms with E-state index in [1.54, 1.807) is 12.2 Å². The SMILES string of the molecule is CCN(CC)c1nn2c(C)c(C)ccc2c1N=C1N=C(Nc2c(N(CC)CC)nn3c(C)c(C)ccc23)C(=N)C=C1N.Cc1ccc2c(N=C3N=C(Nc4c(N(C)C)nn5c(C)c(C)ccc45)C(=N)C=C3N)c(N(C)C)nn2c1C.Cc1ccc2c(N=C3N=C(Nc4c(OC(C)(C)C)nn5c(C)c(C)ccc45)C(=N)C=C3N)c(OC(C)(C)C)nn2c1C. The van der Waals surface area contributed by atoms with E-state index in [4.69, 9.17) is 103 Å². The highest BCUT2D eigenvalue weighted by molar-refractivity contribution is 6.54. The molecule has 0 unspecified atom stereocenters. The first-order chi connectivity index (χ1) is 57.6. The molecule has 3 aliphatic heterocycles. The molecule has 0 atom stereocenters. The molecule has 15 rings (SSSR count). The Bertz CT molecular complexity index is 6580. The van der Waals surface area contributed by atoms with Crippen LogP contribution in [0.1, 0.15) is 137 Å². The lowest BCUT2D eigenvalue weighted by Gasteiger charge is -2.21. The van der Waals surface area contributed by atoms with Gasteiger partial charge in [0, 0.05) is 88.5 Å². The minimum Gasteiger partial charge on any atom is -0.469 e. The van der Waals surface area contributed by atoms with Gasteiger partial charge in [-0.25, -0.2) is 57.0 Å². The number of hydrogen-bond acceptors (Lipinski definition) is 24. The van der Waals surface area contributed by atoms with Crippen LogP contribution in [0.5, 0.6) is 11.8 Å². The first-order valence-corrected chi connectivity index (χ1v) is 40.8. The van der Waals surface area contributed by atoms with E-state index in [1.165, 1.54) is 6.08 Å². The van der Waals surface area contributed by atoms with Crippen LogP contribution < -0.4 is 62.2 Å². The maximum atomic E-state index is 8.75. The Kier molecular flexibility index (Phi) is 23.4. The van der Waals surface area contributed by atoms with E-state index >= 15 is 0 Å². The number of pyridine rings is 6. The summed E-state index contributed by atoms with van der Waals surface area (Å²) in [5.74, 6) is 5.64. The van der Waals surface area contributed by atoms with Gasteiger partial charge in [-0.2, -0.15) is 0 Å². The van der Waals surface area contributed by atoms with Gasteiger partial charge < -0.3 is 62.2 Å². The Morgan fingerprint density at radius 3 is 0.975 bits per heavy atom. The van der Waals surface area contributed by atoms with E-state index in [0.717, 1.165) is 156 Å². The molecule has 12 N–H and O–H groups in total. The molecule has 3 aliphatic rings. The number of aromatic nitrogens is 12. The quantitative estimate of drug-likeness (QED) is 0.0434. The molecule has 0 saturated carbocycles. The van der Waals surface area contributed by atoms with Gasteiger partial charge in [0.2, 0.25) is 0 Å². The number of rotatable bonds is 16. The number of aliphatic imine (C=N–C) groups is 6. The van der Waals surface area contributed by atoms with Crippen molar-refractivity contribution in [3.63, 3.8) is 0 Å². The van der Waals surface area contributed by atoms with E-state index in [-0.39, 0.29) is 34.5 Å². The third-order valence-electron chi connectivity index (χ3n) is 21.8. The number of fused-ring (bicyclic) bond motifs is 6. The summed E-state index contributed by atoms with van der Waals surface area (Å²) in [4.78, 5) is 37.2. The highest BCUT2D eigenvalue weighted by atomic mass is 16.5. The van der Waals surface area contributed by atoms with Crippen LogP contribution in [0, 0.1) is 99.3 Å². The fourth-order valence-corrected chi connectivity index (χ4v) is 14.1.